The topological polar surface area (TPSA) is 209 Å². The van der Waals surface area contributed by atoms with Crippen molar-refractivity contribution in [2.45, 2.75) is 98.6 Å². The van der Waals surface area contributed by atoms with Crippen molar-refractivity contribution in [2.75, 3.05) is 0 Å². The fourth-order valence-electron chi connectivity index (χ4n) is 3.14. The van der Waals surface area contributed by atoms with Gasteiger partial charge < -0.3 is 37.4 Å². The number of aliphatic carboxylic acids is 1. The van der Waals surface area contributed by atoms with Crippen molar-refractivity contribution in [3.63, 3.8) is 0 Å². The van der Waals surface area contributed by atoms with E-state index in [0.29, 0.717) is 0 Å². The van der Waals surface area contributed by atoms with Gasteiger partial charge in [0.15, 0.2) is 0 Å². The van der Waals surface area contributed by atoms with E-state index in [-0.39, 0.29) is 17.8 Å². The van der Waals surface area contributed by atoms with Crippen LogP contribution in [0.2, 0.25) is 0 Å². The van der Waals surface area contributed by atoms with Gasteiger partial charge >= 0.3 is 5.97 Å². The van der Waals surface area contributed by atoms with Crippen LogP contribution in [0.3, 0.4) is 0 Å². The van der Waals surface area contributed by atoms with Crippen LogP contribution in [0, 0.1) is 17.8 Å². The molecule has 0 rings (SSSR count). The molecule has 0 spiro atoms. The van der Waals surface area contributed by atoms with E-state index in [1.807, 2.05) is 0 Å². The fourth-order valence-corrected chi connectivity index (χ4v) is 3.14. The molecule has 0 fully saturated rings. The molecule has 8 N–H and O–H groups in total. The minimum Gasteiger partial charge on any atom is -0.480 e. The zero-order chi connectivity index (χ0) is 29.2. The van der Waals surface area contributed by atoms with Gasteiger partial charge in [-0.15, -0.1) is 0 Å². The van der Waals surface area contributed by atoms with E-state index in [1.165, 1.54) is 20.8 Å². The molecule has 0 aliphatic carbocycles. The largest absolute Gasteiger partial charge is 0.480 e. The summed E-state index contributed by atoms with van der Waals surface area (Å²) in [5, 5.41) is 21.7. The van der Waals surface area contributed by atoms with Crippen molar-refractivity contribution < 1.29 is 33.9 Å². The van der Waals surface area contributed by atoms with Crippen molar-refractivity contribution in [2.24, 2.45) is 23.5 Å². The van der Waals surface area contributed by atoms with Crippen LogP contribution >= 0.6 is 0 Å². The average Bonchev–Trinajstić information content (AvgIpc) is 2.77. The second-order valence-corrected chi connectivity index (χ2v) is 10.3. The maximum atomic E-state index is 13.1. The Morgan fingerprint density at radius 1 is 0.486 bits per heavy atom. The number of rotatable bonds is 14. The first-order valence-electron chi connectivity index (χ1n) is 12.4. The Bertz CT molecular complexity index is 843. The van der Waals surface area contributed by atoms with Crippen LogP contribution in [0.1, 0.15) is 62.3 Å². The number of nitrogens with one attached hydrogen (secondary N) is 5. The zero-order valence-electron chi connectivity index (χ0n) is 23.2. The van der Waals surface area contributed by atoms with E-state index < -0.39 is 71.8 Å². The summed E-state index contributed by atoms with van der Waals surface area (Å²) in [5.41, 5.74) is 5.51. The summed E-state index contributed by atoms with van der Waals surface area (Å²) in [5.74, 6) is -5.37. The highest BCUT2D eigenvalue weighted by molar-refractivity contribution is 5.96. The molecule has 0 saturated carbocycles. The minimum absolute atomic E-state index is 0.358. The number of hydrogen-bond acceptors (Lipinski definition) is 7. The van der Waals surface area contributed by atoms with Gasteiger partial charge in [-0.25, -0.2) is 0 Å². The maximum absolute atomic E-state index is 13.1. The Labute approximate surface area is 218 Å². The van der Waals surface area contributed by atoms with Crippen LogP contribution in [0.4, 0.5) is 0 Å². The van der Waals surface area contributed by atoms with Crippen LogP contribution in [-0.4, -0.2) is 76.9 Å². The van der Waals surface area contributed by atoms with Crippen molar-refractivity contribution in [3.8, 4) is 0 Å². The van der Waals surface area contributed by atoms with Gasteiger partial charge in [-0.2, -0.15) is 0 Å². The summed E-state index contributed by atoms with van der Waals surface area (Å²) >= 11 is 0. The van der Waals surface area contributed by atoms with Crippen LogP contribution < -0.4 is 32.3 Å². The number of carboxylic acid groups (broad SMARTS) is 1. The number of carbonyl (C=O) groups excluding carboxylic acids is 5. The van der Waals surface area contributed by atoms with Crippen molar-refractivity contribution in [1.82, 2.24) is 26.6 Å². The molecular formula is C24H44N6O7. The second kappa shape index (κ2) is 15.1. The summed E-state index contributed by atoms with van der Waals surface area (Å²) in [6.45, 7) is 14.4. The average molecular weight is 529 g/mol. The number of carbonyl (C=O) groups is 6. The Balaban J connectivity index is 5.54. The number of carboxylic acids is 1. The van der Waals surface area contributed by atoms with E-state index in [9.17, 15) is 28.8 Å². The van der Waals surface area contributed by atoms with Gasteiger partial charge in [0.05, 0.1) is 6.04 Å². The predicted octanol–water partition coefficient (Wildman–Crippen LogP) is -1.15. The Morgan fingerprint density at radius 2 is 0.784 bits per heavy atom. The summed E-state index contributed by atoms with van der Waals surface area (Å²) in [4.78, 5) is 74.3. The second-order valence-electron chi connectivity index (χ2n) is 10.3. The molecule has 0 aliphatic rings. The third-order valence-corrected chi connectivity index (χ3v) is 5.64. The van der Waals surface area contributed by atoms with E-state index in [0.717, 1.165) is 0 Å². The quantitative estimate of drug-likeness (QED) is 0.146. The number of amides is 5. The van der Waals surface area contributed by atoms with E-state index >= 15 is 0 Å². The number of hydrogen-bond donors (Lipinski definition) is 7. The SMILES string of the molecule is CC(N)C(=O)N[C@@H](C)C(=O)NC(C(=O)N[C@H](C(=O)NC(C(=O)N[C@@H](C)C(=O)O)C(C)C)C(C)C)C(C)C. The van der Waals surface area contributed by atoms with Crippen molar-refractivity contribution in [3.05, 3.63) is 0 Å². The normalized spacial score (nSPS) is 16.1. The highest BCUT2D eigenvalue weighted by Crippen LogP contribution is 2.09. The van der Waals surface area contributed by atoms with Gasteiger partial charge in [0.1, 0.15) is 30.2 Å². The van der Waals surface area contributed by atoms with Crippen molar-refractivity contribution >= 4 is 35.5 Å². The Kier molecular flexibility index (Phi) is 13.8. The van der Waals surface area contributed by atoms with Gasteiger partial charge in [-0.1, -0.05) is 41.5 Å². The molecule has 0 heterocycles. The van der Waals surface area contributed by atoms with E-state index in [2.05, 4.69) is 26.6 Å². The van der Waals surface area contributed by atoms with Gasteiger partial charge in [0, 0.05) is 0 Å². The van der Waals surface area contributed by atoms with Crippen LogP contribution in [0.25, 0.3) is 0 Å². The molecule has 37 heavy (non-hydrogen) atoms. The van der Waals surface area contributed by atoms with Crippen LogP contribution in [-0.2, 0) is 28.8 Å². The third-order valence-electron chi connectivity index (χ3n) is 5.64. The molecule has 0 aromatic rings. The van der Waals surface area contributed by atoms with Crippen LogP contribution in [0.15, 0.2) is 0 Å². The highest BCUT2D eigenvalue weighted by atomic mass is 16.4. The molecule has 13 nitrogen and oxygen atoms in total. The first-order chi connectivity index (χ1) is 16.9. The monoisotopic (exact) mass is 528 g/mol. The zero-order valence-corrected chi connectivity index (χ0v) is 23.2. The summed E-state index contributed by atoms with van der Waals surface area (Å²) in [7, 11) is 0. The molecule has 0 aliphatic heterocycles. The Morgan fingerprint density at radius 3 is 1.08 bits per heavy atom. The smallest absolute Gasteiger partial charge is 0.325 e. The molecule has 0 aromatic carbocycles. The molecule has 0 bridgehead atoms. The van der Waals surface area contributed by atoms with E-state index in [4.69, 9.17) is 10.8 Å². The van der Waals surface area contributed by atoms with Gasteiger partial charge in [0.25, 0.3) is 0 Å². The first-order valence-corrected chi connectivity index (χ1v) is 12.4. The predicted molar refractivity (Wildman–Crippen MR) is 137 cm³/mol. The van der Waals surface area contributed by atoms with E-state index in [1.54, 1.807) is 41.5 Å². The molecular weight excluding hydrogens is 484 g/mol. The lowest BCUT2D eigenvalue weighted by molar-refractivity contribution is -0.142. The minimum atomic E-state index is -1.22. The maximum Gasteiger partial charge on any atom is 0.325 e. The third kappa shape index (κ3) is 11.1. The van der Waals surface area contributed by atoms with Gasteiger partial charge in [-0.05, 0) is 38.5 Å². The molecule has 5 amide bonds. The molecule has 212 valence electrons. The lowest BCUT2D eigenvalue weighted by Crippen LogP contribution is -2.61. The molecule has 13 heteroatoms. The molecule has 6 atom stereocenters. The standard InChI is InChI=1S/C24H44N6O7/c1-10(2)16(21(33)27-15(9)24(36)37)29-23(35)18(12(5)6)30-22(34)17(11(3)4)28-20(32)14(8)26-19(31)13(7)25/h10-18H,25H2,1-9H3,(H,26,31)(H,27,33)(H,28,32)(H,29,35)(H,30,34)(H,36,37)/t13?,14-,15-,16?,17?,18-/m0/s1. The molecule has 0 saturated heterocycles. The first kappa shape index (κ1) is 33.8. The highest BCUT2D eigenvalue weighted by Gasteiger charge is 2.34. The fraction of sp³-hybridized carbons (Fsp3) is 0.750. The molecule has 3 unspecified atom stereocenters. The van der Waals surface area contributed by atoms with Crippen molar-refractivity contribution in [1.29, 1.82) is 0 Å². The lowest BCUT2D eigenvalue weighted by Gasteiger charge is -2.30. The van der Waals surface area contributed by atoms with Gasteiger partial charge in [0.2, 0.25) is 29.5 Å². The summed E-state index contributed by atoms with van der Waals surface area (Å²) < 4.78 is 0. The molecule has 0 radical (unpaired) electrons. The van der Waals surface area contributed by atoms with Crippen LogP contribution in [0.5, 0.6) is 0 Å². The molecule has 0 aromatic heterocycles. The summed E-state index contributed by atoms with van der Waals surface area (Å²) in [6, 6.07) is -6.02. The number of nitrogens with two attached hydrogens (primary N) is 1. The lowest BCUT2D eigenvalue weighted by atomic mass is 9.97. The van der Waals surface area contributed by atoms with Gasteiger partial charge in [-0.3, -0.25) is 28.8 Å². The summed E-state index contributed by atoms with van der Waals surface area (Å²) in [6.07, 6.45) is 0. The Hall–Kier alpha value is -3.22.